The summed E-state index contributed by atoms with van der Waals surface area (Å²) in [6.07, 6.45) is 5.15. The van der Waals surface area contributed by atoms with Crippen LogP contribution in [0.25, 0.3) is 10.8 Å². The lowest BCUT2D eigenvalue weighted by Crippen LogP contribution is -2.54. The van der Waals surface area contributed by atoms with Crippen molar-refractivity contribution in [2.75, 3.05) is 18.5 Å². The molecule has 3 amide bonds. The summed E-state index contributed by atoms with van der Waals surface area (Å²) >= 11 is 0. The number of aliphatic hydroxyl groups excluding tert-OH is 1. The van der Waals surface area contributed by atoms with Gasteiger partial charge >= 0.3 is 6.09 Å². The van der Waals surface area contributed by atoms with Gasteiger partial charge in [-0.1, -0.05) is 99.2 Å². The predicted octanol–water partition coefficient (Wildman–Crippen LogP) is 6.90. The van der Waals surface area contributed by atoms with Gasteiger partial charge in [0.1, 0.15) is 17.7 Å². The first-order valence-electron chi connectivity index (χ1n) is 15.3. The van der Waals surface area contributed by atoms with E-state index in [9.17, 15) is 19.5 Å². The molecule has 43 heavy (non-hydrogen) atoms. The quantitative estimate of drug-likeness (QED) is 0.177. The lowest BCUT2D eigenvalue weighted by molar-refractivity contribution is -0.141. The van der Waals surface area contributed by atoms with E-state index in [1.807, 2.05) is 73.7 Å². The summed E-state index contributed by atoms with van der Waals surface area (Å²) in [7, 11) is 0. The van der Waals surface area contributed by atoms with E-state index >= 15 is 0 Å². The Labute approximate surface area is 255 Å². The van der Waals surface area contributed by atoms with Crippen LogP contribution in [0.15, 0.2) is 66.7 Å². The number of nitrogens with one attached hydrogen (secondary N) is 2. The number of aliphatic hydroxyl groups is 1. The van der Waals surface area contributed by atoms with Crippen LogP contribution in [0.3, 0.4) is 0 Å². The van der Waals surface area contributed by atoms with Gasteiger partial charge in [0.15, 0.2) is 0 Å². The van der Waals surface area contributed by atoms with Crippen LogP contribution in [0.5, 0.6) is 0 Å². The van der Waals surface area contributed by atoms with Crippen molar-refractivity contribution in [3.05, 3.63) is 77.9 Å². The van der Waals surface area contributed by atoms with Gasteiger partial charge in [-0.15, -0.1) is 0 Å². The molecule has 0 aromatic heterocycles. The molecule has 0 heterocycles. The van der Waals surface area contributed by atoms with Crippen molar-refractivity contribution in [1.82, 2.24) is 10.2 Å². The molecule has 0 spiro atoms. The molecule has 0 saturated heterocycles. The molecule has 3 aromatic carbocycles. The van der Waals surface area contributed by atoms with E-state index in [0.717, 1.165) is 48.4 Å². The van der Waals surface area contributed by atoms with Gasteiger partial charge in [0.2, 0.25) is 5.91 Å². The Balaban J connectivity index is 1.96. The predicted molar refractivity (Wildman–Crippen MR) is 172 cm³/mol. The number of aryl methyl sites for hydroxylation is 1. The number of nitrogens with zero attached hydrogens (tertiary/aromatic N) is 1. The second-order valence-corrected chi connectivity index (χ2v) is 12.0. The Kier molecular flexibility index (Phi) is 12.6. The van der Waals surface area contributed by atoms with Crippen LogP contribution >= 0.6 is 0 Å². The Hall–Kier alpha value is -3.91. The third-order valence-corrected chi connectivity index (χ3v) is 7.14. The molecule has 3 rings (SSSR count). The Morgan fingerprint density at radius 2 is 1.58 bits per heavy atom. The van der Waals surface area contributed by atoms with Crippen molar-refractivity contribution in [3.63, 3.8) is 0 Å². The third-order valence-electron chi connectivity index (χ3n) is 7.14. The van der Waals surface area contributed by atoms with Gasteiger partial charge in [-0.3, -0.25) is 9.59 Å². The lowest BCUT2D eigenvalue weighted by atomic mass is 10.00. The van der Waals surface area contributed by atoms with Crippen LogP contribution in [-0.2, 0) is 14.3 Å². The summed E-state index contributed by atoms with van der Waals surface area (Å²) in [5.41, 5.74) is 1.42. The maximum Gasteiger partial charge on any atom is 0.408 e. The second-order valence-electron chi connectivity index (χ2n) is 12.0. The minimum Gasteiger partial charge on any atom is -0.444 e. The van der Waals surface area contributed by atoms with Crippen molar-refractivity contribution in [2.24, 2.45) is 0 Å². The van der Waals surface area contributed by atoms with Crippen molar-refractivity contribution in [3.8, 4) is 0 Å². The molecule has 0 aliphatic rings. The molecule has 2 atom stereocenters. The van der Waals surface area contributed by atoms with Gasteiger partial charge < -0.3 is 25.4 Å². The van der Waals surface area contributed by atoms with E-state index in [2.05, 4.69) is 17.6 Å². The molecule has 0 fully saturated rings. The number of rotatable bonds is 14. The van der Waals surface area contributed by atoms with Crippen molar-refractivity contribution in [2.45, 2.75) is 90.8 Å². The molecule has 0 aliphatic heterocycles. The van der Waals surface area contributed by atoms with Crippen LogP contribution < -0.4 is 10.6 Å². The monoisotopic (exact) mass is 589 g/mol. The summed E-state index contributed by atoms with van der Waals surface area (Å²) < 4.78 is 5.35. The van der Waals surface area contributed by atoms with Gasteiger partial charge in [-0.2, -0.15) is 0 Å². The van der Waals surface area contributed by atoms with Gasteiger partial charge in [0.25, 0.3) is 5.91 Å². The highest BCUT2D eigenvalue weighted by molar-refractivity contribution is 6.00. The van der Waals surface area contributed by atoms with Crippen molar-refractivity contribution >= 4 is 34.4 Å². The van der Waals surface area contributed by atoms with Gasteiger partial charge in [0, 0.05) is 12.2 Å². The molecule has 0 bridgehead atoms. The van der Waals surface area contributed by atoms with Crippen LogP contribution in [0.4, 0.5) is 10.5 Å². The molecule has 8 heteroatoms. The largest absolute Gasteiger partial charge is 0.444 e. The number of carbonyl (C=O) groups excluding carboxylic acids is 3. The summed E-state index contributed by atoms with van der Waals surface area (Å²) in [4.78, 5) is 42.3. The fourth-order valence-corrected chi connectivity index (χ4v) is 5.06. The van der Waals surface area contributed by atoms with Crippen LogP contribution in [0.1, 0.15) is 83.4 Å². The number of carbonyl (C=O) groups is 3. The number of benzene rings is 3. The maximum absolute atomic E-state index is 14.1. The van der Waals surface area contributed by atoms with Gasteiger partial charge in [-0.25, -0.2) is 4.79 Å². The van der Waals surface area contributed by atoms with Crippen LogP contribution in [0, 0.1) is 6.92 Å². The van der Waals surface area contributed by atoms with E-state index in [4.69, 9.17) is 4.74 Å². The minimum atomic E-state index is -1.28. The molecule has 0 aliphatic carbocycles. The van der Waals surface area contributed by atoms with E-state index < -0.39 is 36.3 Å². The van der Waals surface area contributed by atoms with Crippen molar-refractivity contribution in [1.29, 1.82) is 0 Å². The first kappa shape index (κ1) is 33.6. The normalized spacial score (nSPS) is 12.8. The zero-order chi connectivity index (χ0) is 31.4. The molecule has 232 valence electrons. The zero-order valence-corrected chi connectivity index (χ0v) is 26.2. The molecule has 0 radical (unpaired) electrons. The number of ether oxygens (including phenoxy) is 1. The number of hydrogen-bond donors (Lipinski definition) is 3. The summed E-state index contributed by atoms with van der Waals surface area (Å²) in [6.45, 7) is 8.89. The van der Waals surface area contributed by atoms with E-state index in [-0.39, 0.29) is 12.5 Å². The number of anilines is 1. The fourth-order valence-electron chi connectivity index (χ4n) is 5.06. The van der Waals surface area contributed by atoms with Crippen LogP contribution in [0.2, 0.25) is 0 Å². The lowest BCUT2D eigenvalue weighted by Gasteiger charge is -2.34. The summed E-state index contributed by atoms with van der Waals surface area (Å²) in [6, 6.07) is 18.8. The highest BCUT2D eigenvalue weighted by Gasteiger charge is 2.36. The van der Waals surface area contributed by atoms with Crippen LogP contribution in [-0.4, -0.2) is 52.7 Å². The second kappa shape index (κ2) is 16.1. The van der Waals surface area contributed by atoms with Gasteiger partial charge in [0.05, 0.1) is 6.61 Å². The average molecular weight is 590 g/mol. The highest BCUT2D eigenvalue weighted by atomic mass is 16.6. The number of fused-ring (bicyclic) bond motifs is 1. The minimum absolute atomic E-state index is 0.279. The molecular weight excluding hydrogens is 542 g/mol. The topological polar surface area (TPSA) is 108 Å². The molecule has 2 unspecified atom stereocenters. The number of amides is 3. The third kappa shape index (κ3) is 10.4. The molecule has 3 N–H and O–H groups in total. The molecule has 3 aromatic rings. The number of hydrogen-bond acceptors (Lipinski definition) is 5. The van der Waals surface area contributed by atoms with E-state index in [1.165, 1.54) is 4.90 Å². The molecular formula is C35H47N3O5. The summed E-state index contributed by atoms with van der Waals surface area (Å²) in [5.74, 6) is -0.934. The Morgan fingerprint density at radius 3 is 2.26 bits per heavy atom. The zero-order valence-electron chi connectivity index (χ0n) is 26.2. The van der Waals surface area contributed by atoms with E-state index in [1.54, 1.807) is 20.8 Å². The number of alkyl carbamates (subject to hydrolysis) is 1. The van der Waals surface area contributed by atoms with Crippen molar-refractivity contribution < 1.29 is 24.2 Å². The smallest absolute Gasteiger partial charge is 0.408 e. The fraction of sp³-hybridized carbons (Fsp3) is 0.457. The summed E-state index contributed by atoms with van der Waals surface area (Å²) in [5, 5.41) is 17.8. The first-order chi connectivity index (χ1) is 20.5. The van der Waals surface area contributed by atoms with E-state index in [0.29, 0.717) is 17.7 Å². The highest BCUT2D eigenvalue weighted by Crippen LogP contribution is 2.27. The molecule has 0 saturated carbocycles. The standard InChI is InChI=1S/C35H47N3O5/c1-6-7-8-9-10-13-21-38(33(41)30(24-39)37-34(42)43-35(3,4)5)31(28-18-14-15-25(2)22-28)32(40)36-29-20-19-26-16-11-12-17-27(26)23-29/h11-12,14-20,22-23,30-31,39H,6-10,13,21,24H2,1-5H3,(H,36,40)(H,37,42). The molecule has 8 nitrogen and oxygen atoms in total. The Bertz CT molecular complexity index is 1370. The number of unbranched alkanes of at least 4 members (excludes halogenated alkanes) is 5. The Morgan fingerprint density at radius 1 is 0.884 bits per heavy atom. The average Bonchev–Trinajstić information content (AvgIpc) is 2.95. The van der Waals surface area contributed by atoms with Gasteiger partial charge in [-0.05, 0) is 62.6 Å². The SMILES string of the molecule is CCCCCCCCN(C(=O)C(CO)NC(=O)OC(C)(C)C)C(C(=O)Nc1ccc2ccccc2c1)c1cccc(C)c1. The first-order valence-corrected chi connectivity index (χ1v) is 15.3. The maximum atomic E-state index is 14.1.